The maximum atomic E-state index is 13.6. The molecule has 0 spiro atoms. The van der Waals surface area contributed by atoms with Crippen LogP contribution in [-0.4, -0.2) is 86.3 Å². The Hall–Kier alpha value is -4.81. The maximum absolute atomic E-state index is 13.6. The van der Waals surface area contributed by atoms with Gasteiger partial charge in [-0.1, -0.05) is 62.4 Å². The van der Waals surface area contributed by atoms with E-state index in [9.17, 15) is 14.4 Å². The van der Waals surface area contributed by atoms with E-state index in [-0.39, 0.29) is 36.3 Å². The van der Waals surface area contributed by atoms with Crippen molar-refractivity contribution in [1.29, 1.82) is 0 Å². The molecule has 12 heteroatoms. The van der Waals surface area contributed by atoms with E-state index in [2.05, 4.69) is 73.8 Å². The second-order valence-corrected chi connectivity index (χ2v) is 13.0. The van der Waals surface area contributed by atoms with E-state index >= 15 is 0 Å². The summed E-state index contributed by atoms with van der Waals surface area (Å²) in [6.45, 7) is 5.52. The number of aromatic nitrogens is 4. The third kappa shape index (κ3) is 7.19. The second kappa shape index (κ2) is 14.5. The monoisotopic (exact) mass is 652 g/mol. The largest absolute Gasteiger partial charge is 0.375 e. The summed E-state index contributed by atoms with van der Waals surface area (Å²) < 4.78 is 4.94. The van der Waals surface area contributed by atoms with Crippen molar-refractivity contribution in [3.63, 3.8) is 0 Å². The van der Waals surface area contributed by atoms with Crippen LogP contribution >= 0.6 is 0 Å². The first-order valence-electron chi connectivity index (χ1n) is 16.6. The number of aromatic amines is 2. The van der Waals surface area contributed by atoms with Gasteiger partial charge in [0.1, 0.15) is 24.3 Å². The lowest BCUT2D eigenvalue weighted by Gasteiger charge is -2.30. The molecule has 2 saturated heterocycles. The Morgan fingerprint density at radius 2 is 1.52 bits per heavy atom. The fourth-order valence-corrected chi connectivity index (χ4v) is 6.59. The summed E-state index contributed by atoms with van der Waals surface area (Å²) in [5.74, 6) is 0.999. The molecule has 2 aliphatic heterocycles. The lowest BCUT2D eigenvalue weighted by atomic mass is 10.0. The van der Waals surface area contributed by atoms with Gasteiger partial charge in [0.05, 0.1) is 42.4 Å². The molecule has 4 aromatic rings. The van der Waals surface area contributed by atoms with Crippen molar-refractivity contribution < 1.29 is 19.1 Å². The zero-order valence-corrected chi connectivity index (χ0v) is 27.7. The van der Waals surface area contributed by atoms with Gasteiger partial charge >= 0.3 is 0 Å². The predicted molar refractivity (Wildman–Crippen MR) is 182 cm³/mol. The van der Waals surface area contributed by atoms with Crippen molar-refractivity contribution >= 4 is 17.7 Å². The van der Waals surface area contributed by atoms with Gasteiger partial charge in [-0.25, -0.2) is 9.97 Å². The number of methoxy groups -OCH3 is 1. The summed E-state index contributed by atoms with van der Waals surface area (Å²) in [6, 6.07) is 15.4. The Morgan fingerprint density at radius 3 is 2.17 bits per heavy atom. The first-order chi connectivity index (χ1) is 23.2. The van der Waals surface area contributed by atoms with Crippen LogP contribution in [0.3, 0.4) is 0 Å². The van der Waals surface area contributed by atoms with E-state index in [1.807, 2.05) is 24.9 Å². The first-order valence-corrected chi connectivity index (χ1v) is 16.6. The molecule has 0 radical (unpaired) electrons. The molecule has 3 atom stereocenters. The van der Waals surface area contributed by atoms with Gasteiger partial charge in [-0.05, 0) is 53.9 Å². The molecule has 2 aromatic carbocycles. The van der Waals surface area contributed by atoms with E-state index in [0.717, 1.165) is 71.0 Å². The van der Waals surface area contributed by atoms with Crippen LogP contribution in [0.15, 0.2) is 60.9 Å². The molecule has 48 heavy (non-hydrogen) atoms. The number of carbonyl (C=O) groups is 3. The first kappa shape index (κ1) is 33.1. The number of nitrogens with zero attached hydrogens (tertiary/aromatic N) is 4. The summed E-state index contributed by atoms with van der Waals surface area (Å²) in [7, 11) is 1.46. The van der Waals surface area contributed by atoms with E-state index < -0.39 is 12.1 Å². The Labute approximate surface area is 280 Å². The summed E-state index contributed by atoms with van der Waals surface area (Å²) in [5.41, 5.74) is 11.9. The number of likely N-dealkylation sites (tertiary alicyclic amines) is 2. The molecule has 3 unspecified atom stereocenters. The highest BCUT2D eigenvalue weighted by molar-refractivity contribution is 5.88. The molecule has 12 nitrogen and oxygen atoms in total. The van der Waals surface area contributed by atoms with Gasteiger partial charge in [0, 0.05) is 20.2 Å². The number of H-pyrrole nitrogens is 2. The zero-order valence-electron chi connectivity index (χ0n) is 27.7. The van der Waals surface area contributed by atoms with Crippen molar-refractivity contribution in [1.82, 2.24) is 35.1 Å². The lowest BCUT2D eigenvalue weighted by Crippen LogP contribution is -2.51. The van der Waals surface area contributed by atoms with Crippen LogP contribution in [0, 0.1) is 5.92 Å². The average molecular weight is 653 g/mol. The molecule has 2 aliphatic rings. The average Bonchev–Trinajstić information content (AvgIpc) is 3.87. The Bertz CT molecular complexity index is 1730. The molecule has 2 aromatic heterocycles. The molecule has 4 heterocycles. The number of carbonyl (C=O) groups excluding carboxylic acids is 3. The number of benzene rings is 2. The number of ether oxygens (including phenoxy) is 1. The molecule has 0 aliphatic carbocycles. The smallest absolute Gasteiger partial charge is 0.246 e. The SMILES string of the molecule is COCC(=O)NC(C(=O)N1CCCC1c1ncc(-c2ccc(-c3ccc(-c4cnc(CN5CCCC(N)C5=O)[nH]4)cc3)cc2)[nH]1)C(C)C. The number of amides is 3. The number of hydrogen-bond acceptors (Lipinski definition) is 7. The van der Waals surface area contributed by atoms with Crippen molar-refractivity contribution in [2.45, 2.75) is 64.2 Å². The minimum atomic E-state index is -0.627. The third-order valence-electron chi connectivity index (χ3n) is 9.24. The number of imidazole rings is 2. The van der Waals surface area contributed by atoms with Crippen LogP contribution in [0.4, 0.5) is 0 Å². The number of piperidine rings is 1. The number of nitrogens with two attached hydrogens (primary N) is 1. The van der Waals surface area contributed by atoms with Gasteiger partial charge in [-0.3, -0.25) is 14.4 Å². The van der Waals surface area contributed by atoms with Crippen LogP contribution in [-0.2, 0) is 25.7 Å². The molecule has 0 bridgehead atoms. The highest BCUT2D eigenvalue weighted by Crippen LogP contribution is 2.33. The van der Waals surface area contributed by atoms with Crippen molar-refractivity contribution in [3.8, 4) is 33.6 Å². The quantitative estimate of drug-likeness (QED) is 0.190. The van der Waals surface area contributed by atoms with Crippen LogP contribution < -0.4 is 11.1 Å². The van der Waals surface area contributed by atoms with Crippen molar-refractivity contribution in [2.24, 2.45) is 11.7 Å². The van der Waals surface area contributed by atoms with Crippen LogP contribution in [0.5, 0.6) is 0 Å². The molecule has 2 fully saturated rings. The minimum absolute atomic E-state index is 0.0169. The minimum Gasteiger partial charge on any atom is -0.375 e. The molecular weight excluding hydrogens is 608 g/mol. The molecule has 6 rings (SSSR count). The Morgan fingerprint density at radius 1 is 0.917 bits per heavy atom. The summed E-state index contributed by atoms with van der Waals surface area (Å²) in [6.07, 6.45) is 6.93. The van der Waals surface area contributed by atoms with E-state index in [0.29, 0.717) is 19.6 Å². The van der Waals surface area contributed by atoms with E-state index in [1.165, 1.54) is 7.11 Å². The molecule has 3 amide bonds. The van der Waals surface area contributed by atoms with Crippen LogP contribution in [0.1, 0.15) is 57.2 Å². The van der Waals surface area contributed by atoms with E-state index in [1.54, 1.807) is 11.1 Å². The van der Waals surface area contributed by atoms with Gasteiger partial charge in [-0.2, -0.15) is 0 Å². The molecular formula is C36H44N8O4. The normalized spacial score (nSPS) is 18.8. The third-order valence-corrected chi connectivity index (χ3v) is 9.24. The topological polar surface area (TPSA) is 162 Å². The van der Waals surface area contributed by atoms with Crippen molar-refractivity contribution in [3.05, 3.63) is 72.6 Å². The lowest BCUT2D eigenvalue weighted by molar-refractivity contribution is -0.139. The van der Waals surface area contributed by atoms with Gasteiger partial charge in [0.25, 0.3) is 0 Å². The van der Waals surface area contributed by atoms with E-state index in [4.69, 9.17) is 10.5 Å². The fraction of sp³-hybridized carbons (Fsp3) is 0.417. The number of rotatable bonds is 11. The zero-order chi connectivity index (χ0) is 33.8. The van der Waals surface area contributed by atoms with Gasteiger partial charge < -0.3 is 35.6 Å². The van der Waals surface area contributed by atoms with Crippen molar-refractivity contribution in [2.75, 3.05) is 26.8 Å². The number of hydrogen-bond donors (Lipinski definition) is 4. The predicted octanol–water partition coefficient (Wildman–Crippen LogP) is 4.03. The highest BCUT2D eigenvalue weighted by Gasteiger charge is 2.37. The summed E-state index contributed by atoms with van der Waals surface area (Å²) in [5, 5.41) is 2.84. The summed E-state index contributed by atoms with van der Waals surface area (Å²) >= 11 is 0. The highest BCUT2D eigenvalue weighted by atomic mass is 16.5. The Kier molecular flexibility index (Phi) is 10.0. The Balaban J connectivity index is 1.10. The van der Waals surface area contributed by atoms with Crippen LogP contribution in [0.2, 0.25) is 0 Å². The molecule has 0 saturated carbocycles. The second-order valence-electron chi connectivity index (χ2n) is 13.0. The van der Waals surface area contributed by atoms with Gasteiger partial charge in [0.15, 0.2) is 0 Å². The standard InChI is InChI=1S/C36H44N8O4/c1-22(2)33(42-32(45)21-48-3)36(47)44-17-5-7-30(44)34-39-19-29(41-34)26-14-10-24(11-15-26)23-8-12-25(13-9-23)28-18-38-31(40-28)20-43-16-4-6-27(37)35(43)46/h8-15,18-19,22,27,30,33H,4-7,16-17,20-21,37H2,1-3H3,(H,38,40)(H,39,41)(H,42,45). The molecule has 5 N–H and O–H groups in total. The molecule has 252 valence electrons. The van der Waals surface area contributed by atoms with Crippen LogP contribution in [0.25, 0.3) is 33.6 Å². The summed E-state index contributed by atoms with van der Waals surface area (Å²) in [4.78, 5) is 57.7. The number of nitrogens with one attached hydrogen (secondary N) is 3. The fourth-order valence-electron chi connectivity index (χ4n) is 6.59. The van der Waals surface area contributed by atoms with Gasteiger partial charge in [-0.15, -0.1) is 0 Å². The van der Waals surface area contributed by atoms with Gasteiger partial charge in [0.2, 0.25) is 17.7 Å². The maximum Gasteiger partial charge on any atom is 0.246 e.